The molecule has 0 radical (unpaired) electrons. The lowest BCUT2D eigenvalue weighted by atomic mass is 10.0. The summed E-state index contributed by atoms with van der Waals surface area (Å²) in [5.41, 5.74) is 21.3. The van der Waals surface area contributed by atoms with E-state index in [1.54, 1.807) is 0 Å². The summed E-state index contributed by atoms with van der Waals surface area (Å²) in [6.45, 7) is 9.43. The van der Waals surface area contributed by atoms with Crippen molar-refractivity contribution in [2.45, 2.75) is 95.7 Å². The maximum absolute atomic E-state index is 6.21. The van der Waals surface area contributed by atoms with Gasteiger partial charge < -0.3 is 22.5 Å². The van der Waals surface area contributed by atoms with Crippen molar-refractivity contribution in [2.24, 2.45) is 17.2 Å². The number of benzene rings is 1. The third-order valence-corrected chi connectivity index (χ3v) is 5.81. The number of unbranched alkanes of at least 4 members (excludes halogenated alkanes) is 7. The van der Waals surface area contributed by atoms with E-state index in [9.17, 15) is 0 Å². The van der Waals surface area contributed by atoms with Crippen molar-refractivity contribution >= 4 is 0 Å². The topological polar surface area (TPSA) is 90.1 Å². The Balaban J connectivity index is 1.91. The van der Waals surface area contributed by atoms with Crippen LogP contribution in [0.15, 0.2) is 49.2 Å². The molecule has 1 aromatic rings. The van der Waals surface area contributed by atoms with Crippen molar-refractivity contribution in [2.75, 3.05) is 6.54 Å². The fourth-order valence-electron chi connectivity index (χ4n) is 3.60. The molecule has 30 heavy (non-hydrogen) atoms. The summed E-state index contributed by atoms with van der Waals surface area (Å²) in [4.78, 5) is 0. The number of nitrogens with one attached hydrogen (secondary N) is 1. The summed E-state index contributed by atoms with van der Waals surface area (Å²) in [7, 11) is 0. The zero-order valence-electron chi connectivity index (χ0n) is 19.1. The molecule has 0 bridgehead atoms. The van der Waals surface area contributed by atoms with Gasteiger partial charge in [-0.2, -0.15) is 0 Å². The number of nitrogens with two attached hydrogens (primary N) is 3. The lowest BCUT2D eigenvalue weighted by Gasteiger charge is -2.17. The first-order valence-electron chi connectivity index (χ1n) is 11.9. The van der Waals surface area contributed by atoms with Gasteiger partial charge in [0.2, 0.25) is 0 Å². The molecule has 2 unspecified atom stereocenters. The fraction of sp³-hybridized carbons (Fsp3) is 0.615. The predicted octanol–water partition coefficient (Wildman–Crippen LogP) is 4.92. The van der Waals surface area contributed by atoms with Crippen molar-refractivity contribution in [1.29, 1.82) is 0 Å². The maximum atomic E-state index is 6.21. The van der Waals surface area contributed by atoms with Crippen LogP contribution in [0.25, 0.3) is 0 Å². The quantitative estimate of drug-likeness (QED) is 0.191. The second-order valence-corrected chi connectivity index (χ2v) is 8.49. The van der Waals surface area contributed by atoms with E-state index >= 15 is 0 Å². The zero-order valence-corrected chi connectivity index (χ0v) is 19.1. The van der Waals surface area contributed by atoms with Crippen LogP contribution >= 0.6 is 0 Å². The van der Waals surface area contributed by atoms with Gasteiger partial charge in [-0.05, 0) is 43.2 Å². The molecule has 4 heteroatoms. The van der Waals surface area contributed by atoms with Crippen LogP contribution in [0, 0.1) is 0 Å². The van der Waals surface area contributed by atoms with Gasteiger partial charge in [-0.15, -0.1) is 6.58 Å². The number of hydrogen-bond donors (Lipinski definition) is 4. The Labute approximate surface area is 185 Å². The molecule has 0 saturated carbocycles. The van der Waals surface area contributed by atoms with Crippen molar-refractivity contribution in [3.05, 3.63) is 60.3 Å². The van der Waals surface area contributed by atoms with Gasteiger partial charge in [-0.1, -0.05) is 81.9 Å². The highest BCUT2D eigenvalue weighted by Gasteiger charge is 2.07. The lowest BCUT2D eigenvalue weighted by molar-refractivity contribution is 0.538. The number of rotatable bonds is 19. The molecule has 1 aromatic carbocycles. The Kier molecular flexibility index (Phi) is 15.1. The third-order valence-electron chi connectivity index (χ3n) is 5.81. The van der Waals surface area contributed by atoms with E-state index in [4.69, 9.17) is 17.2 Å². The molecule has 4 nitrogen and oxygen atoms in total. The normalized spacial score (nSPS) is 13.0. The van der Waals surface area contributed by atoms with Crippen molar-refractivity contribution in [1.82, 2.24) is 5.32 Å². The first-order chi connectivity index (χ1) is 14.6. The molecule has 0 heterocycles. The molecule has 0 spiro atoms. The highest BCUT2D eigenvalue weighted by Crippen LogP contribution is 2.12. The van der Waals surface area contributed by atoms with Crippen LogP contribution in [0.2, 0.25) is 0 Å². The molecule has 0 fully saturated rings. The third kappa shape index (κ3) is 12.8. The van der Waals surface area contributed by atoms with Crippen LogP contribution in [-0.4, -0.2) is 18.6 Å². The molecular formula is C26H46N4. The summed E-state index contributed by atoms with van der Waals surface area (Å²) in [6, 6.07) is 8.87. The molecule has 1 rings (SSSR count). The molecule has 2 atom stereocenters. The standard InChI is InChI=1S/C26H46N4/c1-3-25(28)14-10-11-15-26(29)22(2)30-20-12-8-6-4-5-7-9-13-23-16-18-24(21-27)19-17-23/h3,16-19,25-26,30H,1-2,4-15,20-21,27-29H2. The monoisotopic (exact) mass is 414 g/mol. The van der Waals surface area contributed by atoms with Crippen molar-refractivity contribution in [3.63, 3.8) is 0 Å². The van der Waals surface area contributed by atoms with Gasteiger partial charge in [0.1, 0.15) is 0 Å². The first-order valence-corrected chi connectivity index (χ1v) is 11.9. The molecule has 0 aliphatic carbocycles. The second-order valence-electron chi connectivity index (χ2n) is 8.49. The fourth-order valence-corrected chi connectivity index (χ4v) is 3.60. The van der Waals surface area contributed by atoms with Crippen LogP contribution in [0.1, 0.15) is 81.8 Å². The molecule has 0 saturated heterocycles. The van der Waals surface area contributed by atoms with Gasteiger partial charge in [-0.3, -0.25) is 0 Å². The van der Waals surface area contributed by atoms with Crippen LogP contribution in [0.5, 0.6) is 0 Å². The Morgan fingerprint density at radius 3 is 2.03 bits per heavy atom. The molecule has 0 aromatic heterocycles. The van der Waals surface area contributed by atoms with Crippen LogP contribution in [0.4, 0.5) is 0 Å². The van der Waals surface area contributed by atoms with Crippen LogP contribution in [0.3, 0.4) is 0 Å². The number of hydrogen-bond acceptors (Lipinski definition) is 4. The molecule has 170 valence electrons. The Hall–Kier alpha value is -1.62. The smallest absolute Gasteiger partial charge is 0.0438 e. The minimum atomic E-state index is 0.0384. The van der Waals surface area contributed by atoms with E-state index < -0.39 is 0 Å². The Bertz CT molecular complexity index is 567. The Morgan fingerprint density at radius 1 is 0.833 bits per heavy atom. The van der Waals surface area contributed by atoms with Gasteiger partial charge in [0.25, 0.3) is 0 Å². The van der Waals surface area contributed by atoms with E-state index in [1.807, 2.05) is 6.08 Å². The van der Waals surface area contributed by atoms with E-state index in [1.165, 1.54) is 62.5 Å². The van der Waals surface area contributed by atoms with Crippen LogP contribution < -0.4 is 22.5 Å². The summed E-state index contributed by atoms with van der Waals surface area (Å²) >= 11 is 0. The largest absolute Gasteiger partial charge is 0.388 e. The van der Waals surface area contributed by atoms with Gasteiger partial charge in [0, 0.05) is 30.9 Å². The van der Waals surface area contributed by atoms with Gasteiger partial charge >= 0.3 is 0 Å². The zero-order chi connectivity index (χ0) is 22.0. The lowest BCUT2D eigenvalue weighted by Crippen LogP contribution is -2.31. The molecule has 0 amide bonds. The van der Waals surface area contributed by atoms with E-state index in [2.05, 4.69) is 42.7 Å². The minimum absolute atomic E-state index is 0.0384. The Morgan fingerprint density at radius 2 is 1.40 bits per heavy atom. The van der Waals surface area contributed by atoms with E-state index in [0.29, 0.717) is 6.54 Å². The minimum Gasteiger partial charge on any atom is -0.388 e. The molecule has 0 aliphatic rings. The molecule has 0 aliphatic heterocycles. The average molecular weight is 415 g/mol. The predicted molar refractivity (Wildman–Crippen MR) is 132 cm³/mol. The van der Waals surface area contributed by atoms with Gasteiger partial charge in [-0.25, -0.2) is 0 Å². The SMILES string of the molecule is C=CC(N)CCCCC(N)C(=C)NCCCCCCCCCc1ccc(CN)cc1. The highest BCUT2D eigenvalue weighted by molar-refractivity contribution is 5.22. The second kappa shape index (κ2) is 17.1. The van der Waals surface area contributed by atoms with Gasteiger partial charge in [0.15, 0.2) is 0 Å². The molecule has 7 N–H and O–H groups in total. The van der Waals surface area contributed by atoms with Gasteiger partial charge in [0.05, 0.1) is 0 Å². The van der Waals surface area contributed by atoms with Crippen LogP contribution in [-0.2, 0) is 13.0 Å². The average Bonchev–Trinajstić information content (AvgIpc) is 2.77. The summed E-state index contributed by atoms with van der Waals surface area (Å²) < 4.78 is 0. The van der Waals surface area contributed by atoms with E-state index in [-0.39, 0.29) is 12.1 Å². The summed E-state index contributed by atoms with van der Waals surface area (Å²) in [6.07, 6.45) is 16.2. The summed E-state index contributed by atoms with van der Waals surface area (Å²) in [5, 5.41) is 3.41. The summed E-state index contributed by atoms with van der Waals surface area (Å²) in [5.74, 6) is 0. The van der Waals surface area contributed by atoms with E-state index in [0.717, 1.165) is 37.9 Å². The molecular weight excluding hydrogens is 368 g/mol. The first kappa shape index (κ1) is 26.4. The van der Waals surface area contributed by atoms with Crippen molar-refractivity contribution in [3.8, 4) is 0 Å². The number of aryl methyl sites for hydroxylation is 1. The highest BCUT2D eigenvalue weighted by atomic mass is 14.9. The maximum Gasteiger partial charge on any atom is 0.0438 e. The van der Waals surface area contributed by atoms with Crippen molar-refractivity contribution < 1.29 is 0 Å².